The van der Waals surface area contributed by atoms with E-state index in [1.807, 2.05) is 6.07 Å². The predicted octanol–water partition coefficient (Wildman–Crippen LogP) is 2.99. The van der Waals surface area contributed by atoms with Gasteiger partial charge in [0, 0.05) is 17.8 Å². The quantitative estimate of drug-likeness (QED) is 0.609. The summed E-state index contributed by atoms with van der Waals surface area (Å²) in [5.74, 6) is -0.409. The summed E-state index contributed by atoms with van der Waals surface area (Å²) >= 11 is 6.30. The lowest BCUT2D eigenvalue weighted by atomic mass is 9.96. The van der Waals surface area contributed by atoms with Crippen LogP contribution in [0.15, 0.2) is 41.3 Å². The molecule has 1 aromatic carbocycles. The summed E-state index contributed by atoms with van der Waals surface area (Å²) in [7, 11) is 1.26. The van der Waals surface area contributed by atoms with Crippen molar-refractivity contribution in [3.8, 4) is 34.9 Å². The van der Waals surface area contributed by atoms with E-state index in [2.05, 4.69) is 14.7 Å². The van der Waals surface area contributed by atoms with Crippen molar-refractivity contribution in [3.63, 3.8) is 0 Å². The maximum Gasteiger partial charge on any atom is 0.338 e. The number of carbonyl (C=O) groups excluding carboxylic acids is 1. The first kappa shape index (κ1) is 20.4. The molecule has 2 aromatic heterocycles. The predicted molar refractivity (Wildman–Crippen MR) is 107 cm³/mol. The summed E-state index contributed by atoms with van der Waals surface area (Å²) in [6.45, 7) is 0. The van der Waals surface area contributed by atoms with Gasteiger partial charge < -0.3 is 20.2 Å². The SMILES string of the molecule is COC(=O)c1ccnc(Oc2ccc(-c3c(C#N)c(N)[nH]c(=O)c3C#N)cc2Cl)c1. The van der Waals surface area contributed by atoms with Crippen LogP contribution in [0.25, 0.3) is 11.1 Å². The summed E-state index contributed by atoms with van der Waals surface area (Å²) < 4.78 is 10.3. The normalized spacial score (nSPS) is 10.0. The van der Waals surface area contributed by atoms with E-state index in [4.69, 9.17) is 22.1 Å². The largest absolute Gasteiger partial charge is 0.465 e. The molecule has 30 heavy (non-hydrogen) atoms. The molecule has 0 saturated heterocycles. The van der Waals surface area contributed by atoms with Crippen molar-refractivity contribution in [2.24, 2.45) is 0 Å². The van der Waals surface area contributed by atoms with Crippen LogP contribution in [0.1, 0.15) is 21.5 Å². The third kappa shape index (κ3) is 3.78. The number of methoxy groups -OCH3 is 1. The monoisotopic (exact) mass is 421 g/mol. The average molecular weight is 422 g/mol. The van der Waals surface area contributed by atoms with E-state index in [0.717, 1.165) is 0 Å². The smallest absolute Gasteiger partial charge is 0.338 e. The molecule has 9 nitrogen and oxygen atoms in total. The van der Waals surface area contributed by atoms with Gasteiger partial charge in [0.1, 0.15) is 34.8 Å². The van der Waals surface area contributed by atoms with Crippen molar-refractivity contribution >= 4 is 23.4 Å². The number of H-pyrrole nitrogens is 1. The Morgan fingerprint density at radius 1 is 1.20 bits per heavy atom. The number of halogens is 1. The number of nitrogens with zero attached hydrogens (tertiary/aromatic N) is 3. The second-order valence-electron chi connectivity index (χ2n) is 5.84. The Bertz CT molecular complexity index is 1300. The molecule has 2 heterocycles. The summed E-state index contributed by atoms with van der Waals surface area (Å²) in [5.41, 5.74) is 5.33. The fourth-order valence-electron chi connectivity index (χ4n) is 2.69. The van der Waals surface area contributed by atoms with Crippen LogP contribution < -0.4 is 16.0 Å². The number of hydrogen-bond acceptors (Lipinski definition) is 8. The summed E-state index contributed by atoms with van der Waals surface area (Å²) in [5, 5.41) is 18.9. The maximum atomic E-state index is 12.1. The Labute approximate surface area is 174 Å². The van der Waals surface area contributed by atoms with Crippen LogP contribution in [0.5, 0.6) is 11.6 Å². The lowest BCUT2D eigenvalue weighted by molar-refractivity contribution is 0.0600. The molecule has 0 atom stereocenters. The van der Waals surface area contributed by atoms with Crippen molar-refractivity contribution in [2.45, 2.75) is 0 Å². The zero-order valence-electron chi connectivity index (χ0n) is 15.4. The summed E-state index contributed by atoms with van der Waals surface area (Å²) in [4.78, 5) is 30.0. The highest BCUT2D eigenvalue weighted by molar-refractivity contribution is 6.32. The lowest BCUT2D eigenvalue weighted by Gasteiger charge is -2.12. The van der Waals surface area contributed by atoms with Crippen molar-refractivity contribution in [3.05, 3.63) is 68.6 Å². The Morgan fingerprint density at radius 3 is 2.57 bits per heavy atom. The highest BCUT2D eigenvalue weighted by Crippen LogP contribution is 2.35. The first-order valence-electron chi connectivity index (χ1n) is 8.27. The fourth-order valence-corrected chi connectivity index (χ4v) is 2.91. The van der Waals surface area contributed by atoms with Gasteiger partial charge in [-0.25, -0.2) is 9.78 Å². The molecule has 0 spiro atoms. The number of pyridine rings is 2. The minimum atomic E-state index is -0.718. The Hall–Kier alpha value is -4.34. The van der Waals surface area contributed by atoms with E-state index in [9.17, 15) is 20.1 Å². The molecular weight excluding hydrogens is 410 g/mol. The number of nitrogens with one attached hydrogen (secondary N) is 1. The molecule has 0 aliphatic carbocycles. The topological polar surface area (TPSA) is 155 Å². The number of ether oxygens (including phenoxy) is 2. The highest BCUT2D eigenvalue weighted by Gasteiger charge is 2.19. The average Bonchev–Trinajstić information content (AvgIpc) is 2.74. The minimum absolute atomic E-state index is 0.0525. The van der Waals surface area contributed by atoms with Crippen LogP contribution in [0.4, 0.5) is 5.82 Å². The number of nitrogen functional groups attached to an aromatic ring is 1. The molecule has 3 rings (SSSR count). The van der Waals surface area contributed by atoms with Crippen LogP contribution in [0.3, 0.4) is 0 Å². The molecular formula is C20H12ClN5O4. The number of nitriles is 2. The summed E-state index contributed by atoms with van der Waals surface area (Å²) in [6, 6.07) is 10.9. The van der Waals surface area contributed by atoms with Gasteiger partial charge in [-0.2, -0.15) is 10.5 Å². The number of aromatic nitrogens is 2. The number of aromatic amines is 1. The maximum absolute atomic E-state index is 12.1. The van der Waals surface area contributed by atoms with Crippen molar-refractivity contribution in [1.82, 2.24) is 9.97 Å². The number of anilines is 1. The molecule has 0 unspecified atom stereocenters. The lowest BCUT2D eigenvalue weighted by Crippen LogP contribution is -2.16. The zero-order valence-corrected chi connectivity index (χ0v) is 16.1. The zero-order chi connectivity index (χ0) is 21.8. The van der Waals surface area contributed by atoms with E-state index in [1.165, 1.54) is 43.6 Å². The second kappa shape index (κ2) is 8.35. The molecule has 10 heteroatoms. The van der Waals surface area contributed by atoms with Gasteiger partial charge in [0.15, 0.2) is 0 Å². The van der Waals surface area contributed by atoms with Crippen LogP contribution in [0, 0.1) is 22.7 Å². The second-order valence-corrected chi connectivity index (χ2v) is 6.25. The number of rotatable bonds is 4. The number of nitrogens with two attached hydrogens (primary N) is 1. The van der Waals surface area contributed by atoms with E-state index in [0.29, 0.717) is 5.56 Å². The van der Waals surface area contributed by atoms with Crippen molar-refractivity contribution in [2.75, 3.05) is 12.8 Å². The number of benzene rings is 1. The molecule has 0 amide bonds. The van der Waals surface area contributed by atoms with E-state index >= 15 is 0 Å². The molecule has 0 radical (unpaired) electrons. The molecule has 0 fully saturated rings. The van der Waals surface area contributed by atoms with E-state index in [-0.39, 0.29) is 44.7 Å². The Balaban J connectivity index is 2.04. The third-order valence-electron chi connectivity index (χ3n) is 4.06. The van der Waals surface area contributed by atoms with Gasteiger partial charge in [0.2, 0.25) is 5.88 Å². The van der Waals surface area contributed by atoms with Crippen LogP contribution in [0.2, 0.25) is 5.02 Å². The van der Waals surface area contributed by atoms with Gasteiger partial charge in [0.05, 0.1) is 17.7 Å². The molecule has 3 N–H and O–H groups in total. The van der Waals surface area contributed by atoms with Crippen molar-refractivity contribution in [1.29, 1.82) is 10.5 Å². The number of carbonyl (C=O) groups is 1. The first-order chi connectivity index (χ1) is 14.4. The van der Waals surface area contributed by atoms with Gasteiger partial charge in [-0.05, 0) is 23.8 Å². The van der Waals surface area contributed by atoms with E-state index in [1.54, 1.807) is 6.07 Å². The third-order valence-corrected chi connectivity index (χ3v) is 4.35. The molecule has 148 valence electrons. The molecule has 0 aliphatic rings. The van der Waals surface area contributed by atoms with Gasteiger partial charge in [0.25, 0.3) is 5.56 Å². The van der Waals surface area contributed by atoms with Gasteiger partial charge >= 0.3 is 5.97 Å². The van der Waals surface area contributed by atoms with Gasteiger partial charge in [-0.3, -0.25) is 4.79 Å². The molecule has 0 bridgehead atoms. The molecule has 0 aliphatic heterocycles. The minimum Gasteiger partial charge on any atom is -0.465 e. The summed E-state index contributed by atoms with van der Waals surface area (Å²) in [6.07, 6.45) is 1.38. The van der Waals surface area contributed by atoms with Crippen LogP contribution in [-0.2, 0) is 4.74 Å². The number of hydrogen-bond donors (Lipinski definition) is 2. The van der Waals surface area contributed by atoms with Crippen LogP contribution in [-0.4, -0.2) is 23.0 Å². The van der Waals surface area contributed by atoms with Gasteiger partial charge in [-0.1, -0.05) is 17.7 Å². The number of esters is 1. The van der Waals surface area contributed by atoms with Crippen molar-refractivity contribution < 1.29 is 14.3 Å². The van der Waals surface area contributed by atoms with Crippen LogP contribution >= 0.6 is 11.6 Å². The highest BCUT2D eigenvalue weighted by atomic mass is 35.5. The first-order valence-corrected chi connectivity index (χ1v) is 8.65. The van der Waals surface area contributed by atoms with E-state index < -0.39 is 11.5 Å². The molecule has 3 aromatic rings. The van der Waals surface area contributed by atoms with Gasteiger partial charge in [-0.15, -0.1) is 0 Å². The molecule has 0 saturated carbocycles. The standard InChI is InChI=1S/C20H12ClN5O4/c1-29-20(28)11-4-5-25-16(7-11)30-15-3-2-10(6-14(15)21)17-12(8-22)18(24)26-19(27)13(17)9-23/h2-7H,1H3,(H3,24,26,27). The Kier molecular flexibility index (Phi) is 5.68. The Morgan fingerprint density at radius 2 is 1.93 bits per heavy atom. The fraction of sp³-hybridized carbons (Fsp3) is 0.0500.